The smallest absolute Gasteiger partial charge is 0.234 e. The number of hydrogen-bond acceptors (Lipinski definition) is 3. The van der Waals surface area contributed by atoms with E-state index in [0.717, 1.165) is 13.0 Å². The molecule has 2 N–H and O–H groups in total. The van der Waals surface area contributed by atoms with Crippen molar-refractivity contribution in [1.82, 2.24) is 15.5 Å². The van der Waals surface area contributed by atoms with Gasteiger partial charge in [0.05, 0.1) is 6.54 Å². The summed E-state index contributed by atoms with van der Waals surface area (Å²) >= 11 is 0. The van der Waals surface area contributed by atoms with E-state index in [4.69, 9.17) is 0 Å². The van der Waals surface area contributed by atoms with Gasteiger partial charge in [0.15, 0.2) is 0 Å². The molecule has 17 heavy (non-hydrogen) atoms. The quantitative estimate of drug-likeness (QED) is 0.541. The van der Waals surface area contributed by atoms with Crippen LogP contribution in [0.4, 0.5) is 0 Å². The molecule has 4 heteroatoms. The van der Waals surface area contributed by atoms with Crippen LogP contribution in [0.3, 0.4) is 0 Å². The predicted molar refractivity (Wildman–Crippen MR) is 68.8 cm³/mol. The Bertz CT molecular complexity index is 280. The van der Waals surface area contributed by atoms with E-state index in [-0.39, 0.29) is 5.91 Å². The van der Waals surface area contributed by atoms with Gasteiger partial charge in [-0.1, -0.05) is 12.5 Å². The summed E-state index contributed by atoms with van der Waals surface area (Å²) in [4.78, 5) is 14.3. The molecule has 2 atom stereocenters. The Morgan fingerprint density at radius 2 is 2.24 bits per heavy atom. The topological polar surface area (TPSA) is 44.4 Å². The van der Waals surface area contributed by atoms with Crippen molar-refractivity contribution >= 4 is 5.91 Å². The molecule has 0 saturated carbocycles. The highest BCUT2D eigenvalue weighted by molar-refractivity contribution is 5.78. The molecule has 2 saturated heterocycles. The van der Waals surface area contributed by atoms with E-state index < -0.39 is 0 Å². The Balaban J connectivity index is 1.75. The summed E-state index contributed by atoms with van der Waals surface area (Å²) in [6.07, 6.45) is 6.74. The van der Waals surface area contributed by atoms with Gasteiger partial charge in [0.2, 0.25) is 5.91 Å². The van der Waals surface area contributed by atoms with Crippen molar-refractivity contribution in [1.29, 1.82) is 0 Å². The van der Waals surface area contributed by atoms with Crippen LogP contribution in [0.15, 0.2) is 12.7 Å². The molecule has 2 aliphatic rings. The third kappa shape index (κ3) is 3.30. The van der Waals surface area contributed by atoms with Crippen LogP contribution < -0.4 is 10.6 Å². The van der Waals surface area contributed by atoms with Gasteiger partial charge in [-0.15, -0.1) is 6.58 Å². The molecule has 2 fully saturated rings. The van der Waals surface area contributed by atoms with E-state index in [1.54, 1.807) is 6.08 Å². The van der Waals surface area contributed by atoms with Gasteiger partial charge < -0.3 is 10.6 Å². The molecule has 0 aliphatic carbocycles. The van der Waals surface area contributed by atoms with Gasteiger partial charge in [-0.2, -0.15) is 0 Å². The molecule has 2 aliphatic heterocycles. The van der Waals surface area contributed by atoms with Crippen LogP contribution >= 0.6 is 0 Å². The summed E-state index contributed by atoms with van der Waals surface area (Å²) in [6.45, 7) is 7.06. The second-order valence-electron chi connectivity index (χ2n) is 4.98. The summed E-state index contributed by atoms with van der Waals surface area (Å²) in [5.41, 5.74) is 0. The van der Waals surface area contributed by atoms with Crippen molar-refractivity contribution in [3.63, 3.8) is 0 Å². The highest BCUT2D eigenvalue weighted by atomic mass is 16.2. The maximum atomic E-state index is 11.7. The third-order valence-electron chi connectivity index (χ3n) is 3.78. The van der Waals surface area contributed by atoms with E-state index >= 15 is 0 Å². The van der Waals surface area contributed by atoms with Crippen molar-refractivity contribution in [2.45, 2.75) is 37.8 Å². The van der Waals surface area contributed by atoms with Gasteiger partial charge in [-0.05, 0) is 25.8 Å². The number of nitrogens with one attached hydrogen (secondary N) is 2. The zero-order valence-corrected chi connectivity index (χ0v) is 10.5. The Morgan fingerprint density at radius 3 is 3.06 bits per heavy atom. The largest absolute Gasteiger partial charge is 0.351 e. The monoisotopic (exact) mass is 237 g/mol. The lowest BCUT2D eigenvalue weighted by atomic mass is 9.99. The van der Waals surface area contributed by atoms with E-state index in [1.807, 2.05) is 0 Å². The van der Waals surface area contributed by atoms with Crippen molar-refractivity contribution in [3.8, 4) is 0 Å². The second-order valence-corrected chi connectivity index (χ2v) is 4.98. The molecule has 2 unspecified atom stereocenters. The molecular formula is C13H23N3O. The second kappa shape index (κ2) is 6.17. The zero-order chi connectivity index (χ0) is 12.1. The summed E-state index contributed by atoms with van der Waals surface area (Å²) in [5.74, 6) is 0.115. The molecule has 0 aromatic heterocycles. The Hall–Kier alpha value is -0.870. The van der Waals surface area contributed by atoms with Crippen LogP contribution in [-0.4, -0.2) is 49.1 Å². The first-order valence-corrected chi connectivity index (χ1v) is 6.66. The van der Waals surface area contributed by atoms with E-state index in [1.165, 1.54) is 25.8 Å². The molecule has 0 aromatic carbocycles. The van der Waals surface area contributed by atoms with Gasteiger partial charge in [-0.25, -0.2) is 0 Å². The van der Waals surface area contributed by atoms with Crippen molar-refractivity contribution < 1.29 is 4.79 Å². The number of carbonyl (C=O) groups excluding carboxylic acids is 1. The first kappa shape index (κ1) is 12.6. The van der Waals surface area contributed by atoms with Crippen molar-refractivity contribution in [2.24, 2.45) is 0 Å². The average molecular weight is 237 g/mol. The number of carbonyl (C=O) groups is 1. The third-order valence-corrected chi connectivity index (χ3v) is 3.78. The Morgan fingerprint density at radius 1 is 1.35 bits per heavy atom. The minimum Gasteiger partial charge on any atom is -0.351 e. The fraction of sp³-hybridized carbons (Fsp3) is 0.769. The van der Waals surface area contributed by atoms with Crippen molar-refractivity contribution in [2.75, 3.05) is 26.2 Å². The van der Waals surface area contributed by atoms with Crippen LogP contribution in [0.1, 0.15) is 25.7 Å². The molecule has 0 spiro atoms. The number of fused-ring (bicyclic) bond motifs is 1. The van der Waals surface area contributed by atoms with Crippen LogP contribution in [-0.2, 0) is 4.79 Å². The first-order valence-electron chi connectivity index (χ1n) is 6.66. The fourth-order valence-electron chi connectivity index (χ4n) is 2.96. The number of nitrogens with zero attached hydrogens (tertiary/aromatic N) is 1. The lowest BCUT2D eigenvalue weighted by Crippen LogP contribution is -2.48. The van der Waals surface area contributed by atoms with Crippen LogP contribution in [0.5, 0.6) is 0 Å². The minimum atomic E-state index is 0.115. The molecule has 1 amide bonds. The van der Waals surface area contributed by atoms with Gasteiger partial charge in [-0.3, -0.25) is 9.69 Å². The van der Waals surface area contributed by atoms with Gasteiger partial charge in [0.1, 0.15) is 0 Å². The van der Waals surface area contributed by atoms with E-state index in [2.05, 4.69) is 22.1 Å². The highest BCUT2D eigenvalue weighted by Crippen LogP contribution is 2.26. The summed E-state index contributed by atoms with van der Waals surface area (Å²) in [5, 5.41) is 6.20. The predicted octanol–water partition coefficient (Wildman–Crippen LogP) is 0.505. The fourth-order valence-corrected chi connectivity index (χ4v) is 2.96. The summed E-state index contributed by atoms with van der Waals surface area (Å²) in [7, 11) is 0. The lowest BCUT2D eigenvalue weighted by molar-refractivity contribution is -0.121. The number of piperidine rings is 1. The first-order chi connectivity index (χ1) is 8.31. The molecule has 4 nitrogen and oxygen atoms in total. The average Bonchev–Trinajstić information content (AvgIpc) is 2.73. The highest BCUT2D eigenvalue weighted by Gasteiger charge is 2.35. The van der Waals surface area contributed by atoms with Gasteiger partial charge in [0.25, 0.3) is 0 Å². The molecule has 2 heterocycles. The van der Waals surface area contributed by atoms with Gasteiger partial charge in [0, 0.05) is 25.2 Å². The van der Waals surface area contributed by atoms with Crippen LogP contribution in [0.25, 0.3) is 0 Å². The zero-order valence-electron chi connectivity index (χ0n) is 10.5. The Labute approximate surface area is 103 Å². The number of hydrogen-bond donors (Lipinski definition) is 2. The molecule has 96 valence electrons. The maximum Gasteiger partial charge on any atom is 0.234 e. The van der Waals surface area contributed by atoms with Crippen molar-refractivity contribution in [3.05, 3.63) is 12.7 Å². The summed E-state index contributed by atoms with van der Waals surface area (Å²) in [6, 6.07) is 0.959. The molecule has 0 aromatic rings. The minimum absolute atomic E-state index is 0.115. The Kier molecular flexibility index (Phi) is 4.57. The number of rotatable bonds is 5. The van der Waals surface area contributed by atoms with Gasteiger partial charge >= 0.3 is 0 Å². The lowest BCUT2D eigenvalue weighted by Gasteiger charge is -2.32. The molecule has 0 radical (unpaired) electrons. The maximum absolute atomic E-state index is 11.7. The standard InChI is InChI=1S/C13H23N3O/c1-2-7-14-10-13(17)15-11-6-9-16-8-4-3-5-12(11)16/h2,11-12,14H,1,3-10H2,(H,15,17). The SMILES string of the molecule is C=CCNCC(=O)NC1CCN2CCCCC12. The molecule has 0 bridgehead atoms. The van der Waals surface area contributed by atoms with E-state index in [0.29, 0.717) is 25.2 Å². The van der Waals surface area contributed by atoms with Crippen LogP contribution in [0.2, 0.25) is 0 Å². The number of amides is 1. The normalized spacial score (nSPS) is 28.7. The molecule has 2 rings (SSSR count). The van der Waals surface area contributed by atoms with Crippen LogP contribution in [0, 0.1) is 0 Å². The van der Waals surface area contributed by atoms with E-state index in [9.17, 15) is 4.79 Å². The summed E-state index contributed by atoms with van der Waals surface area (Å²) < 4.78 is 0. The molecular weight excluding hydrogens is 214 g/mol.